The molecule has 1 saturated heterocycles. The van der Waals surface area contributed by atoms with E-state index in [0.717, 1.165) is 62.0 Å². The number of ether oxygens (including phenoxy) is 1. The molecule has 2 N–H and O–H groups in total. The molecule has 6 nitrogen and oxygen atoms in total. The molecule has 0 spiro atoms. The minimum Gasteiger partial charge on any atom is -0.508 e. The van der Waals surface area contributed by atoms with E-state index >= 15 is 0 Å². The highest BCUT2D eigenvalue weighted by Crippen LogP contribution is 2.34. The summed E-state index contributed by atoms with van der Waals surface area (Å²) in [5.41, 5.74) is 2.07. The van der Waals surface area contributed by atoms with Crippen molar-refractivity contribution < 1.29 is 14.6 Å². The van der Waals surface area contributed by atoms with Crippen molar-refractivity contribution in [3.63, 3.8) is 0 Å². The lowest BCUT2D eigenvalue weighted by molar-refractivity contribution is -0.125. The number of nitrogens with zero attached hydrogens (tertiary/aromatic N) is 2. The molecule has 1 aromatic heterocycles. The zero-order valence-electron chi connectivity index (χ0n) is 14.6. The van der Waals surface area contributed by atoms with E-state index in [0.29, 0.717) is 6.54 Å². The number of fused-ring (bicyclic) bond motifs is 1. The Morgan fingerprint density at radius 2 is 2.08 bits per heavy atom. The molecule has 138 valence electrons. The first-order valence-corrected chi connectivity index (χ1v) is 9.87. The summed E-state index contributed by atoms with van der Waals surface area (Å²) in [7, 11) is 0. The highest BCUT2D eigenvalue weighted by molar-refractivity contribution is 7.15. The van der Waals surface area contributed by atoms with Gasteiger partial charge in [-0.15, -0.1) is 11.3 Å². The molecule has 0 saturated carbocycles. The zero-order chi connectivity index (χ0) is 17.9. The summed E-state index contributed by atoms with van der Waals surface area (Å²) in [6, 6.07) is 6.92. The van der Waals surface area contributed by atoms with Gasteiger partial charge in [0, 0.05) is 36.9 Å². The van der Waals surface area contributed by atoms with Crippen LogP contribution in [0.2, 0.25) is 0 Å². The smallest absolute Gasteiger partial charge is 0.223 e. The number of rotatable bonds is 4. The largest absolute Gasteiger partial charge is 0.508 e. The van der Waals surface area contributed by atoms with Crippen LogP contribution in [0.4, 0.5) is 5.13 Å². The van der Waals surface area contributed by atoms with Crippen LogP contribution in [-0.2, 0) is 28.9 Å². The van der Waals surface area contributed by atoms with E-state index in [2.05, 4.69) is 10.2 Å². The summed E-state index contributed by atoms with van der Waals surface area (Å²) in [4.78, 5) is 21.0. The number of hydrogen-bond acceptors (Lipinski definition) is 6. The normalized spacial score (nSPS) is 19.8. The average molecular weight is 373 g/mol. The maximum Gasteiger partial charge on any atom is 0.223 e. The number of aromatic nitrogens is 1. The standard InChI is InChI=1S/C19H23N3O3S/c23-15-4-1-13(2-5-15)12-20-18(24)14-3-6-17-16(11-14)21-19(26-17)22-7-9-25-10-8-22/h1-2,4-5,14,23H,3,6-12H2,(H,20,24). The zero-order valence-corrected chi connectivity index (χ0v) is 15.4. The second-order valence-electron chi connectivity index (χ2n) is 6.79. The molecule has 2 aromatic rings. The number of morpholine rings is 1. The summed E-state index contributed by atoms with van der Waals surface area (Å²) in [6.07, 6.45) is 2.52. The van der Waals surface area contributed by atoms with E-state index in [-0.39, 0.29) is 17.6 Å². The predicted octanol–water partition coefficient (Wildman–Crippen LogP) is 2.11. The third-order valence-electron chi connectivity index (χ3n) is 4.98. The number of phenols is 1. The lowest BCUT2D eigenvalue weighted by Gasteiger charge is -2.26. The second-order valence-corrected chi connectivity index (χ2v) is 7.85. The Balaban J connectivity index is 1.35. The van der Waals surface area contributed by atoms with E-state index in [1.807, 2.05) is 12.1 Å². The summed E-state index contributed by atoms with van der Waals surface area (Å²) < 4.78 is 5.41. The number of aromatic hydroxyl groups is 1. The van der Waals surface area contributed by atoms with Crippen LogP contribution in [-0.4, -0.2) is 42.3 Å². The topological polar surface area (TPSA) is 74.7 Å². The van der Waals surface area contributed by atoms with Gasteiger partial charge in [0.25, 0.3) is 0 Å². The molecule has 1 amide bonds. The van der Waals surface area contributed by atoms with Gasteiger partial charge in [0.15, 0.2) is 5.13 Å². The number of hydrogen-bond donors (Lipinski definition) is 2. The van der Waals surface area contributed by atoms with Crippen molar-refractivity contribution in [2.24, 2.45) is 5.92 Å². The van der Waals surface area contributed by atoms with E-state index in [1.54, 1.807) is 23.5 Å². The maximum absolute atomic E-state index is 12.5. The minimum absolute atomic E-state index is 0.0146. The molecule has 1 aromatic carbocycles. The van der Waals surface area contributed by atoms with Crippen LogP contribution in [0.25, 0.3) is 0 Å². The van der Waals surface area contributed by atoms with Crippen LogP contribution in [0, 0.1) is 5.92 Å². The van der Waals surface area contributed by atoms with Gasteiger partial charge < -0.3 is 20.1 Å². The summed E-state index contributed by atoms with van der Waals surface area (Å²) in [6.45, 7) is 3.78. The van der Waals surface area contributed by atoms with Gasteiger partial charge in [-0.05, 0) is 30.5 Å². The van der Waals surface area contributed by atoms with E-state index < -0.39 is 0 Å². The van der Waals surface area contributed by atoms with Gasteiger partial charge >= 0.3 is 0 Å². The van der Waals surface area contributed by atoms with Gasteiger partial charge in [0.1, 0.15) is 5.75 Å². The molecule has 2 aliphatic rings. The molecule has 1 fully saturated rings. The molecule has 1 aliphatic heterocycles. The number of phenolic OH excluding ortho intramolecular Hbond substituents is 1. The van der Waals surface area contributed by atoms with Crippen molar-refractivity contribution in [3.8, 4) is 5.75 Å². The van der Waals surface area contributed by atoms with Crippen LogP contribution >= 0.6 is 11.3 Å². The number of amides is 1. The SMILES string of the molecule is O=C(NCc1ccc(O)cc1)C1CCc2sc(N3CCOCC3)nc2C1. The minimum atomic E-state index is -0.0146. The van der Waals surface area contributed by atoms with Crippen molar-refractivity contribution >= 4 is 22.4 Å². The number of nitrogens with one attached hydrogen (secondary N) is 1. The molecule has 1 aliphatic carbocycles. The Labute approximate surface area is 156 Å². The lowest BCUT2D eigenvalue weighted by Crippen LogP contribution is -2.36. The third-order valence-corrected chi connectivity index (χ3v) is 6.20. The first-order valence-electron chi connectivity index (χ1n) is 9.06. The van der Waals surface area contributed by atoms with Gasteiger partial charge in [-0.1, -0.05) is 12.1 Å². The molecule has 1 atom stereocenters. The molecule has 2 heterocycles. The van der Waals surface area contributed by atoms with E-state index in [1.165, 1.54) is 4.88 Å². The molecular formula is C19H23N3O3S. The van der Waals surface area contributed by atoms with Gasteiger partial charge in [-0.3, -0.25) is 4.79 Å². The van der Waals surface area contributed by atoms with Crippen molar-refractivity contribution in [2.75, 3.05) is 31.2 Å². The van der Waals surface area contributed by atoms with Crippen molar-refractivity contribution in [3.05, 3.63) is 40.4 Å². The van der Waals surface area contributed by atoms with Crippen LogP contribution < -0.4 is 10.2 Å². The number of anilines is 1. The highest BCUT2D eigenvalue weighted by Gasteiger charge is 2.28. The van der Waals surface area contributed by atoms with Gasteiger partial charge in [0.2, 0.25) is 5.91 Å². The lowest BCUT2D eigenvalue weighted by atomic mass is 9.90. The van der Waals surface area contributed by atoms with Crippen LogP contribution in [0.5, 0.6) is 5.75 Å². The molecule has 0 radical (unpaired) electrons. The number of carbonyl (C=O) groups is 1. The maximum atomic E-state index is 12.5. The summed E-state index contributed by atoms with van der Waals surface area (Å²) >= 11 is 1.77. The van der Waals surface area contributed by atoms with E-state index in [4.69, 9.17) is 9.72 Å². The van der Waals surface area contributed by atoms with Gasteiger partial charge in [-0.25, -0.2) is 4.98 Å². The van der Waals surface area contributed by atoms with Crippen molar-refractivity contribution in [1.29, 1.82) is 0 Å². The Morgan fingerprint density at radius 1 is 1.31 bits per heavy atom. The Hall–Kier alpha value is -2.12. The summed E-state index contributed by atoms with van der Waals surface area (Å²) in [5, 5.41) is 13.4. The van der Waals surface area contributed by atoms with Gasteiger partial charge in [0.05, 0.1) is 18.9 Å². The number of carbonyl (C=O) groups excluding carboxylic acids is 1. The fraction of sp³-hybridized carbons (Fsp3) is 0.474. The predicted molar refractivity (Wildman–Crippen MR) is 101 cm³/mol. The molecule has 7 heteroatoms. The van der Waals surface area contributed by atoms with Crippen LogP contribution in [0.1, 0.15) is 22.6 Å². The molecule has 1 unspecified atom stereocenters. The van der Waals surface area contributed by atoms with E-state index in [9.17, 15) is 9.90 Å². The quantitative estimate of drug-likeness (QED) is 0.859. The van der Waals surface area contributed by atoms with Crippen molar-refractivity contribution in [2.45, 2.75) is 25.8 Å². The fourth-order valence-corrected chi connectivity index (χ4v) is 4.58. The fourth-order valence-electron chi connectivity index (χ4n) is 3.43. The monoisotopic (exact) mass is 373 g/mol. The first kappa shape index (κ1) is 17.3. The van der Waals surface area contributed by atoms with Crippen LogP contribution in [0.3, 0.4) is 0 Å². The van der Waals surface area contributed by atoms with Gasteiger partial charge in [-0.2, -0.15) is 0 Å². The number of benzene rings is 1. The third kappa shape index (κ3) is 3.83. The van der Waals surface area contributed by atoms with Crippen LogP contribution in [0.15, 0.2) is 24.3 Å². The highest BCUT2D eigenvalue weighted by atomic mass is 32.1. The summed E-state index contributed by atoms with van der Waals surface area (Å²) in [5.74, 6) is 0.309. The Bertz CT molecular complexity index is 769. The van der Waals surface area contributed by atoms with Crippen molar-refractivity contribution in [1.82, 2.24) is 10.3 Å². The Morgan fingerprint density at radius 3 is 2.85 bits per heavy atom. The molecule has 26 heavy (non-hydrogen) atoms. The Kier molecular flexibility index (Phi) is 5.08. The molecule has 0 bridgehead atoms. The average Bonchev–Trinajstić information content (AvgIpc) is 3.11. The second kappa shape index (κ2) is 7.63. The molecular weight excluding hydrogens is 350 g/mol. The number of thiazole rings is 1. The number of aryl methyl sites for hydroxylation is 1. The first-order chi connectivity index (χ1) is 12.7. The molecule has 4 rings (SSSR count).